The summed E-state index contributed by atoms with van der Waals surface area (Å²) in [6.07, 6.45) is -0.117. The van der Waals surface area contributed by atoms with E-state index in [9.17, 15) is 0 Å². The van der Waals surface area contributed by atoms with E-state index in [0.29, 0.717) is 13.2 Å². The molecule has 72 valence electrons. The summed E-state index contributed by atoms with van der Waals surface area (Å²) in [5.74, 6) is 0.113. The summed E-state index contributed by atoms with van der Waals surface area (Å²) in [6.45, 7) is 4.81. The van der Waals surface area contributed by atoms with E-state index < -0.39 is 6.29 Å². The standard InChI is InChI=1S/C7H16N2O3/c1-3-11-7(12-4-2)5-6(8)9-10/h7,10H,3-5H2,1-2H3,(H2,8,9). The van der Waals surface area contributed by atoms with Gasteiger partial charge in [-0.2, -0.15) is 0 Å². The second-order valence-electron chi connectivity index (χ2n) is 2.14. The molecule has 0 radical (unpaired) electrons. The number of hydrogen-bond donors (Lipinski definition) is 2. The van der Waals surface area contributed by atoms with Crippen LogP contribution >= 0.6 is 0 Å². The average Bonchev–Trinajstić information content (AvgIpc) is 2.05. The van der Waals surface area contributed by atoms with Gasteiger partial charge in [-0.25, -0.2) is 0 Å². The molecule has 12 heavy (non-hydrogen) atoms. The van der Waals surface area contributed by atoms with Crippen LogP contribution in [0.3, 0.4) is 0 Å². The van der Waals surface area contributed by atoms with Gasteiger partial charge in [0.2, 0.25) is 0 Å². The van der Waals surface area contributed by atoms with E-state index in [4.69, 9.17) is 20.4 Å². The molecule has 5 heteroatoms. The molecule has 0 aliphatic rings. The van der Waals surface area contributed by atoms with Crippen molar-refractivity contribution in [3.8, 4) is 0 Å². The number of hydrogen-bond acceptors (Lipinski definition) is 4. The third-order valence-corrected chi connectivity index (χ3v) is 1.21. The lowest BCUT2D eigenvalue weighted by Gasteiger charge is -2.15. The minimum Gasteiger partial charge on any atom is -0.409 e. The molecule has 0 aromatic heterocycles. The van der Waals surface area contributed by atoms with E-state index in [-0.39, 0.29) is 12.3 Å². The molecule has 0 spiro atoms. The number of oxime groups is 1. The van der Waals surface area contributed by atoms with Crippen molar-refractivity contribution < 1.29 is 14.7 Å². The van der Waals surface area contributed by atoms with Gasteiger partial charge in [0.05, 0.1) is 6.42 Å². The highest BCUT2D eigenvalue weighted by molar-refractivity contribution is 5.79. The molecule has 0 aliphatic carbocycles. The first-order valence-corrected chi connectivity index (χ1v) is 3.94. The molecule has 5 nitrogen and oxygen atoms in total. The molecular formula is C7H16N2O3. The minimum atomic E-state index is -0.407. The molecule has 0 fully saturated rings. The third-order valence-electron chi connectivity index (χ3n) is 1.21. The molecule has 0 aromatic carbocycles. The Labute approximate surface area is 72.1 Å². The predicted octanol–water partition coefficient (Wildman–Crippen LogP) is 0.522. The summed E-state index contributed by atoms with van der Waals surface area (Å²) in [7, 11) is 0. The van der Waals surface area contributed by atoms with Crippen LogP contribution in [-0.4, -0.2) is 30.5 Å². The molecule has 0 saturated carbocycles. The molecule has 0 atom stereocenters. The van der Waals surface area contributed by atoms with Crippen LogP contribution in [0.1, 0.15) is 20.3 Å². The number of ether oxygens (including phenoxy) is 2. The van der Waals surface area contributed by atoms with E-state index in [0.717, 1.165) is 0 Å². The van der Waals surface area contributed by atoms with Crippen LogP contribution in [0.15, 0.2) is 5.16 Å². The Kier molecular flexibility index (Phi) is 6.41. The Morgan fingerprint density at radius 1 is 1.42 bits per heavy atom. The zero-order valence-corrected chi connectivity index (χ0v) is 7.49. The van der Waals surface area contributed by atoms with Crippen molar-refractivity contribution in [1.82, 2.24) is 0 Å². The topological polar surface area (TPSA) is 77.1 Å². The smallest absolute Gasteiger partial charge is 0.164 e. The SMILES string of the molecule is CCOC(C/C(N)=N/O)OCC. The van der Waals surface area contributed by atoms with Crippen LogP contribution < -0.4 is 5.73 Å². The van der Waals surface area contributed by atoms with Gasteiger partial charge in [0.15, 0.2) is 6.29 Å². The molecule has 0 aliphatic heterocycles. The molecule has 0 unspecified atom stereocenters. The van der Waals surface area contributed by atoms with Crippen molar-refractivity contribution in [2.75, 3.05) is 13.2 Å². The molecule has 0 heterocycles. The van der Waals surface area contributed by atoms with Crippen LogP contribution in [0, 0.1) is 0 Å². The van der Waals surface area contributed by atoms with E-state index in [1.807, 2.05) is 13.8 Å². The van der Waals surface area contributed by atoms with Gasteiger partial charge in [0, 0.05) is 13.2 Å². The first kappa shape index (κ1) is 11.2. The second-order valence-corrected chi connectivity index (χ2v) is 2.14. The Bertz CT molecular complexity index is 133. The third kappa shape index (κ3) is 4.92. The van der Waals surface area contributed by atoms with Gasteiger partial charge in [0.1, 0.15) is 5.84 Å². The molecule has 0 aromatic rings. The maximum Gasteiger partial charge on any atom is 0.164 e. The summed E-state index contributed by atoms with van der Waals surface area (Å²) < 4.78 is 10.3. The summed E-state index contributed by atoms with van der Waals surface area (Å²) in [4.78, 5) is 0. The Hall–Kier alpha value is -0.810. The van der Waals surface area contributed by atoms with Gasteiger partial charge in [0.25, 0.3) is 0 Å². The molecule has 0 bridgehead atoms. The van der Waals surface area contributed by atoms with Gasteiger partial charge >= 0.3 is 0 Å². The van der Waals surface area contributed by atoms with E-state index in [2.05, 4.69) is 5.16 Å². The first-order valence-electron chi connectivity index (χ1n) is 3.94. The van der Waals surface area contributed by atoms with Crippen molar-refractivity contribution >= 4 is 5.84 Å². The summed E-state index contributed by atoms with van der Waals surface area (Å²) in [5, 5.41) is 11.1. The number of rotatable bonds is 6. The Balaban J connectivity index is 3.77. The lowest BCUT2D eigenvalue weighted by atomic mass is 10.4. The van der Waals surface area contributed by atoms with Crippen molar-refractivity contribution in [3.05, 3.63) is 0 Å². The summed E-state index contributed by atoms with van der Waals surface area (Å²) >= 11 is 0. The molecule has 0 amide bonds. The first-order chi connectivity index (χ1) is 5.74. The van der Waals surface area contributed by atoms with E-state index in [1.165, 1.54) is 0 Å². The van der Waals surface area contributed by atoms with Crippen LogP contribution in [-0.2, 0) is 9.47 Å². The Morgan fingerprint density at radius 3 is 2.25 bits per heavy atom. The van der Waals surface area contributed by atoms with E-state index >= 15 is 0 Å². The normalized spacial score (nSPS) is 12.4. The zero-order valence-electron chi connectivity index (χ0n) is 7.49. The average molecular weight is 176 g/mol. The van der Waals surface area contributed by atoms with Crippen molar-refractivity contribution in [2.45, 2.75) is 26.6 Å². The largest absolute Gasteiger partial charge is 0.409 e. The quantitative estimate of drug-likeness (QED) is 0.203. The molecule has 0 saturated heterocycles. The van der Waals surface area contributed by atoms with Crippen LogP contribution in [0.2, 0.25) is 0 Å². The number of amidine groups is 1. The molecule has 0 rings (SSSR count). The van der Waals surface area contributed by atoms with Crippen LogP contribution in [0.5, 0.6) is 0 Å². The van der Waals surface area contributed by atoms with Crippen molar-refractivity contribution in [1.29, 1.82) is 0 Å². The summed E-state index contributed by atoms with van der Waals surface area (Å²) in [6, 6.07) is 0. The van der Waals surface area contributed by atoms with Gasteiger partial charge in [-0.1, -0.05) is 5.16 Å². The van der Waals surface area contributed by atoms with Crippen molar-refractivity contribution in [3.63, 3.8) is 0 Å². The van der Waals surface area contributed by atoms with Crippen LogP contribution in [0.25, 0.3) is 0 Å². The van der Waals surface area contributed by atoms with Crippen LogP contribution in [0.4, 0.5) is 0 Å². The van der Waals surface area contributed by atoms with Gasteiger partial charge in [-0.05, 0) is 13.8 Å². The fourth-order valence-electron chi connectivity index (χ4n) is 0.749. The fraction of sp³-hybridized carbons (Fsp3) is 0.857. The maximum absolute atomic E-state index is 8.27. The predicted molar refractivity (Wildman–Crippen MR) is 45.1 cm³/mol. The zero-order chi connectivity index (χ0) is 9.40. The highest BCUT2D eigenvalue weighted by Crippen LogP contribution is 2.00. The minimum absolute atomic E-state index is 0.113. The van der Waals surface area contributed by atoms with Gasteiger partial charge < -0.3 is 20.4 Å². The highest BCUT2D eigenvalue weighted by atomic mass is 16.7. The molecular weight excluding hydrogens is 160 g/mol. The Morgan fingerprint density at radius 2 is 1.92 bits per heavy atom. The lowest BCUT2D eigenvalue weighted by molar-refractivity contribution is -0.130. The number of nitrogens with zero attached hydrogens (tertiary/aromatic N) is 1. The second kappa shape index (κ2) is 6.87. The van der Waals surface area contributed by atoms with Gasteiger partial charge in [-0.15, -0.1) is 0 Å². The molecule has 3 N–H and O–H groups in total. The number of nitrogens with two attached hydrogens (primary N) is 1. The maximum atomic E-state index is 8.27. The fourth-order valence-corrected chi connectivity index (χ4v) is 0.749. The highest BCUT2D eigenvalue weighted by Gasteiger charge is 2.09. The van der Waals surface area contributed by atoms with Gasteiger partial charge in [-0.3, -0.25) is 0 Å². The summed E-state index contributed by atoms with van der Waals surface area (Å²) in [5.41, 5.74) is 5.27. The van der Waals surface area contributed by atoms with E-state index in [1.54, 1.807) is 0 Å². The van der Waals surface area contributed by atoms with Crippen molar-refractivity contribution in [2.24, 2.45) is 10.9 Å². The monoisotopic (exact) mass is 176 g/mol. The lowest BCUT2D eigenvalue weighted by Crippen LogP contribution is -2.25.